The van der Waals surface area contributed by atoms with Crippen LogP contribution >= 0.6 is 0 Å². The molecule has 0 spiro atoms. The van der Waals surface area contributed by atoms with Crippen LogP contribution in [0.25, 0.3) is 0 Å². The van der Waals surface area contributed by atoms with Crippen molar-refractivity contribution in [3.8, 4) is 5.88 Å². The summed E-state index contributed by atoms with van der Waals surface area (Å²) in [5, 5.41) is 0. The van der Waals surface area contributed by atoms with Crippen LogP contribution in [0.2, 0.25) is 0 Å². The molecule has 31 heavy (non-hydrogen) atoms. The van der Waals surface area contributed by atoms with Crippen LogP contribution in [0.4, 0.5) is 13.2 Å². The molecule has 1 aromatic heterocycles. The maximum Gasteiger partial charge on any atom is 0.283 e. The SMILES string of the molecule is CO[C@H]1[C@@H](CF)OC(N)=N[C@]1(C)c1cc(CC(=O)c2cnc(OCF)cn2)ccc1F. The zero-order chi connectivity index (χ0) is 22.6. The number of aliphatic imine (C=N–C) groups is 1. The Balaban J connectivity index is 1.90. The Kier molecular flexibility index (Phi) is 6.74. The van der Waals surface area contributed by atoms with Crippen LogP contribution in [0.5, 0.6) is 5.88 Å². The van der Waals surface area contributed by atoms with Gasteiger partial charge in [-0.25, -0.2) is 28.1 Å². The lowest BCUT2D eigenvalue weighted by atomic mass is 9.82. The van der Waals surface area contributed by atoms with Crippen LogP contribution in [0.3, 0.4) is 0 Å². The highest BCUT2D eigenvalue weighted by Crippen LogP contribution is 2.38. The van der Waals surface area contributed by atoms with Crippen LogP contribution in [0.15, 0.2) is 35.6 Å². The van der Waals surface area contributed by atoms with Gasteiger partial charge in [-0.05, 0) is 24.6 Å². The average Bonchev–Trinajstić information content (AvgIpc) is 2.75. The number of hydrogen-bond donors (Lipinski definition) is 1. The van der Waals surface area contributed by atoms with E-state index in [1.807, 2.05) is 0 Å². The Labute approximate surface area is 176 Å². The molecule has 0 saturated heterocycles. The number of carbonyl (C=O) groups excluding carboxylic acids is 1. The molecule has 1 aliphatic heterocycles. The van der Waals surface area contributed by atoms with Gasteiger partial charge in [0.25, 0.3) is 6.02 Å². The second kappa shape index (κ2) is 9.29. The molecule has 1 aliphatic rings. The molecule has 0 amide bonds. The van der Waals surface area contributed by atoms with Crippen molar-refractivity contribution in [1.29, 1.82) is 0 Å². The number of amidine groups is 1. The number of ketones is 1. The van der Waals surface area contributed by atoms with Crippen molar-refractivity contribution in [1.82, 2.24) is 9.97 Å². The van der Waals surface area contributed by atoms with Crippen molar-refractivity contribution in [2.24, 2.45) is 10.7 Å². The predicted molar refractivity (Wildman–Crippen MR) is 104 cm³/mol. The molecule has 0 radical (unpaired) electrons. The first-order valence-corrected chi connectivity index (χ1v) is 9.26. The van der Waals surface area contributed by atoms with Gasteiger partial charge >= 0.3 is 0 Å². The Bertz CT molecular complexity index is 973. The summed E-state index contributed by atoms with van der Waals surface area (Å²) in [6.45, 7) is -0.425. The van der Waals surface area contributed by atoms with Gasteiger partial charge in [-0.1, -0.05) is 6.07 Å². The molecule has 2 N–H and O–H groups in total. The Hall–Kier alpha value is -3.21. The summed E-state index contributed by atoms with van der Waals surface area (Å²) in [4.78, 5) is 24.4. The third-order valence-corrected chi connectivity index (χ3v) is 4.97. The zero-order valence-corrected chi connectivity index (χ0v) is 16.8. The first kappa shape index (κ1) is 22.5. The fraction of sp³-hybridized carbons (Fsp3) is 0.400. The van der Waals surface area contributed by atoms with Crippen LogP contribution in [0, 0.1) is 5.82 Å². The maximum atomic E-state index is 14.8. The van der Waals surface area contributed by atoms with Gasteiger partial charge in [0.15, 0.2) is 11.9 Å². The highest BCUT2D eigenvalue weighted by molar-refractivity contribution is 5.95. The molecule has 2 heterocycles. The van der Waals surface area contributed by atoms with Crippen molar-refractivity contribution >= 4 is 11.8 Å². The van der Waals surface area contributed by atoms with Crippen molar-refractivity contribution in [3.05, 3.63) is 53.2 Å². The van der Waals surface area contributed by atoms with E-state index in [-0.39, 0.29) is 29.6 Å². The van der Waals surface area contributed by atoms with E-state index in [0.717, 1.165) is 12.4 Å². The number of halogens is 3. The molecule has 0 saturated carbocycles. The summed E-state index contributed by atoms with van der Waals surface area (Å²) in [5.41, 5.74) is 4.87. The van der Waals surface area contributed by atoms with E-state index < -0.39 is 42.9 Å². The number of nitrogens with two attached hydrogens (primary N) is 1. The van der Waals surface area contributed by atoms with E-state index in [4.69, 9.17) is 15.2 Å². The average molecular weight is 438 g/mol. The molecule has 166 valence electrons. The first-order valence-electron chi connectivity index (χ1n) is 9.26. The number of ether oxygens (including phenoxy) is 3. The minimum absolute atomic E-state index is 0.0314. The van der Waals surface area contributed by atoms with Gasteiger partial charge in [0, 0.05) is 19.1 Å². The fourth-order valence-electron chi connectivity index (χ4n) is 3.54. The molecule has 3 atom stereocenters. The maximum absolute atomic E-state index is 14.8. The molecule has 0 bridgehead atoms. The number of nitrogens with zero attached hydrogens (tertiary/aromatic N) is 3. The van der Waals surface area contributed by atoms with Gasteiger partial charge in [0.1, 0.15) is 29.8 Å². The molecule has 1 aromatic carbocycles. The highest BCUT2D eigenvalue weighted by atomic mass is 19.1. The molecule has 0 aliphatic carbocycles. The molecule has 0 fully saturated rings. The van der Waals surface area contributed by atoms with E-state index in [9.17, 15) is 18.0 Å². The van der Waals surface area contributed by atoms with Crippen molar-refractivity contribution in [2.75, 3.05) is 20.6 Å². The Morgan fingerprint density at radius 3 is 2.68 bits per heavy atom. The molecular formula is C20H21F3N4O4. The van der Waals surface area contributed by atoms with E-state index >= 15 is 0 Å². The van der Waals surface area contributed by atoms with Gasteiger partial charge in [0.2, 0.25) is 12.7 Å². The number of methoxy groups -OCH3 is 1. The Morgan fingerprint density at radius 1 is 1.29 bits per heavy atom. The lowest BCUT2D eigenvalue weighted by Gasteiger charge is -2.41. The van der Waals surface area contributed by atoms with Crippen LogP contribution in [-0.4, -0.2) is 54.6 Å². The summed E-state index contributed by atoms with van der Waals surface area (Å²) < 4.78 is 55.5. The third kappa shape index (κ3) is 4.61. The fourth-order valence-corrected chi connectivity index (χ4v) is 3.54. The summed E-state index contributed by atoms with van der Waals surface area (Å²) in [6, 6.07) is 3.79. The second-order valence-electron chi connectivity index (χ2n) is 6.97. The van der Waals surface area contributed by atoms with Crippen molar-refractivity contribution in [3.63, 3.8) is 0 Å². The van der Waals surface area contributed by atoms with Gasteiger partial charge in [-0.15, -0.1) is 0 Å². The summed E-state index contributed by atoms with van der Waals surface area (Å²) >= 11 is 0. The van der Waals surface area contributed by atoms with Crippen LogP contribution < -0.4 is 10.5 Å². The number of alkyl halides is 2. The molecule has 2 aromatic rings. The van der Waals surface area contributed by atoms with Crippen LogP contribution in [0.1, 0.15) is 28.5 Å². The smallest absolute Gasteiger partial charge is 0.283 e. The van der Waals surface area contributed by atoms with Gasteiger partial charge in [0.05, 0.1) is 12.4 Å². The largest absolute Gasteiger partial charge is 0.456 e. The van der Waals surface area contributed by atoms with Crippen molar-refractivity contribution < 1.29 is 32.2 Å². The normalized spacial score (nSPS) is 23.1. The molecule has 3 rings (SSSR count). The minimum atomic E-state index is -1.39. The number of aromatic nitrogens is 2. The zero-order valence-electron chi connectivity index (χ0n) is 16.8. The van der Waals surface area contributed by atoms with E-state index in [2.05, 4.69) is 19.7 Å². The van der Waals surface area contributed by atoms with Gasteiger partial charge < -0.3 is 19.9 Å². The second-order valence-corrected chi connectivity index (χ2v) is 6.97. The van der Waals surface area contributed by atoms with E-state index in [1.54, 1.807) is 6.92 Å². The summed E-state index contributed by atoms with van der Waals surface area (Å²) in [7, 11) is 1.34. The monoisotopic (exact) mass is 438 g/mol. The molecule has 11 heteroatoms. The first-order chi connectivity index (χ1) is 14.8. The number of Topliss-reactive ketones (excluding diaryl/α,β-unsaturated/α-hetero) is 1. The van der Waals surface area contributed by atoms with Gasteiger partial charge in [-0.2, -0.15) is 0 Å². The lowest BCUT2D eigenvalue weighted by Crippen LogP contribution is -2.53. The standard InChI is InChI=1S/C20H21F3N4O4/c1-20(18(29-2)16(7-21)31-19(24)27-20)12-5-11(3-4-13(12)23)6-15(28)14-8-26-17(9-25-14)30-10-22/h3-5,8-9,16,18H,6-7,10H2,1-2H3,(H2,24,27)/t16-,18+,20-/m1/s1. The summed E-state index contributed by atoms with van der Waals surface area (Å²) in [5.74, 6) is -1.08. The van der Waals surface area contributed by atoms with Crippen molar-refractivity contribution in [2.45, 2.75) is 31.1 Å². The number of carbonyl (C=O) groups is 1. The highest BCUT2D eigenvalue weighted by Gasteiger charge is 2.47. The van der Waals surface area contributed by atoms with Gasteiger partial charge in [-0.3, -0.25) is 4.79 Å². The Morgan fingerprint density at radius 2 is 2.06 bits per heavy atom. The number of benzene rings is 1. The predicted octanol–water partition coefficient (Wildman–Crippen LogP) is 2.26. The van der Waals surface area contributed by atoms with E-state index in [1.165, 1.54) is 25.3 Å². The number of rotatable bonds is 8. The summed E-state index contributed by atoms with van der Waals surface area (Å²) in [6.07, 6.45) is 0.136. The molecule has 0 unspecified atom stereocenters. The molecular weight excluding hydrogens is 417 g/mol. The topological polar surface area (TPSA) is 109 Å². The quantitative estimate of drug-likeness (QED) is 0.630. The van der Waals surface area contributed by atoms with E-state index in [0.29, 0.717) is 5.56 Å². The van der Waals surface area contributed by atoms with Crippen LogP contribution in [-0.2, 0) is 21.4 Å². The third-order valence-electron chi connectivity index (χ3n) is 4.97. The molecule has 8 nitrogen and oxygen atoms in total. The minimum Gasteiger partial charge on any atom is -0.456 e. The lowest BCUT2D eigenvalue weighted by molar-refractivity contribution is -0.0705. The number of hydrogen-bond acceptors (Lipinski definition) is 8.